The zero-order chi connectivity index (χ0) is 17.4. The minimum Gasteiger partial charge on any atom is -0.375 e. The first-order chi connectivity index (χ1) is 12.1. The largest absolute Gasteiger partial charge is 0.375 e. The highest BCUT2D eigenvalue weighted by Crippen LogP contribution is 2.37. The van der Waals surface area contributed by atoms with Crippen LogP contribution in [0.25, 0.3) is 11.0 Å². The van der Waals surface area contributed by atoms with E-state index >= 15 is 0 Å². The van der Waals surface area contributed by atoms with Crippen LogP contribution < -0.4 is 5.32 Å². The number of H-pyrrole nitrogens is 1. The lowest BCUT2D eigenvalue weighted by atomic mass is 9.87. The van der Waals surface area contributed by atoms with Crippen LogP contribution in [0, 0.1) is 13.8 Å². The number of aromatic nitrogens is 3. The van der Waals surface area contributed by atoms with Crippen molar-refractivity contribution in [2.75, 3.05) is 18.5 Å². The van der Waals surface area contributed by atoms with Crippen molar-refractivity contribution >= 4 is 22.8 Å². The molecule has 25 heavy (non-hydrogen) atoms. The Morgan fingerprint density at radius 2 is 2.16 bits per heavy atom. The molecule has 2 aliphatic rings. The highest BCUT2D eigenvalue weighted by molar-refractivity contribution is 6.04. The predicted molar refractivity (Wildman–Crippen MR) is 93.5 cm³/mol. The van der Waals surface area contributed by atoms with Gasteiger partial charge in [0.2, 0.25) is 0 Å². The standard InChI is InChI=1S/C18H24N4O3/c1-11-12(2)21-15-14(11)16(20-10-19-15)22-17(23)18(7-5-9-25-18)13-6-3-4-8-24-13/h10,13H,3-9H2,1-2H3,(H2,19,20,21,22,23). The lowest BCUT2D eigenvalue weighted by Gasteiger charge is -2.37. The van der Waals surface area contributed by atoms with Gasteiger partial charge in [-0.05, 0) is 51.5 Å². The summed E-state index contributed by atoms with van der Waals surface area (Å²) in [6, 6.07) is 0. The average molecular weight is 344 g/mol. The molecule has 7 nitrogen and oxygen atoms in total. The molecule has 134 valence electrons. The zero-order valence-electron chi connectivity index (χ0n) is 14.7. The highest BCUT2D eigenvalue weighted by atomic mass is 16.6. The molecule has 0 aromatic carbocycles. The number of aromatic amines is 1. The van der Waals surface area contributed by atoms with Crippen molar-refractivity contribution in [3.05, 3.63) is 17.6 Å². The van der Waals surface area contributed by atoms with E-state index in [0.29, 0.717) is 25.5 Å². The van der Waals surface area contributed by atoms with E-state index in [1.54, 1.807) is 0 Å². The zero-order valence-corrected chi connectivity index (χ0v) is 14.7. The van der Waals surface area contributed by atoms with E-state index in [0.717, 1.165) is 48.0 Å². The molecule has 2 saturated heterocycles. The molecule has 2 unspecified atom stereocenters. The van der Waals surface area contributed by atoms with Crippen LogP contribution in [0.1, 0.15) is 43.4 Å². The second-order valence-corrected chi connectivity index (χ2v) is 6.97. The van der Waals surface area contributed by atoms with Crippen molar-refractivity contribution in [3.63, 3.8) is 0 Å². The van der Waals surface area contributed by atoms with Gasteiger partial charge < -0.3 is 19.8 Å². The highest BCUT2D eigenvalue weighted by Gasteiger charge is 2.50. The van der Waals surface area contributed by atoms with Crippen LogP contribution in [0.5, 0.6) is 0 Å². The van der Waals surface area contributed by atoms with Gasteiger partial charge in [0.1, 0.15) is 17.8 Å². The van der Waals surface area contributed by atoms with E-state index in [9.17, 15) is 4.79 Å². The molecule has 2 aromatic heterocycles. The summed E-state index contributed by atoms with van der Waals surface area (Å²) in [4.78, 5) is 25.0. The molecule has 0 spiro atoms. The maximum Gasteiger partial charge on any atom is 0.260 e. The maximum absolute atomic E-state index is 13.2. The summed E-state index contributed by atoms with van der Waals surface area (Å²) < 4.78 is 11.9. The Morgan fingerprint density at radius 3 is 2.88 bits per heavy atom. The SMILES string of the molecule is Cc1[nH]c2ncnc(NC(=O)C3(C4CCCCO4)CCCO3)c2c1C. The molecule has 2 fully saturated rings. The Labute approximate surface area is 146 Å². The minimum absolute atomic E-state index is 0.157. The van der Waals surface area contributed by atoms with Gasteiger partial charge in [-0.2, -0.15) is 0 Å². The molecule has 0 saturated carbocycles. The molecule has 2 atom stereocenters. The third-order valence-corrected chi connectivity index (χ3v) is 5.46. The van der Waals surface area contributed by atoms with E-state index in [4.69, 9.17) is 9.47 Å². The van der Waals surface area contributed by atoms with Gasteiger partial charge >= 0.3 is 0 Å². The fourth-order valence-electron chi connectivity index (χ4n) is 3.95. The summed E-state index contributed by atoms with van der Waals surface area (Å²) >= 11 is 0. The van der Waals surface area contributed by atoms with Gasteiger partial charge in [-0.25, -0.2) is 9.97 Å². The molecule has 2 aliphatic heterocycles. The Hall–Kier alpha value is -1.99. The number of carbonyl (C=O) groups is 1. The fourth-order valence-corrected chi connectivity index (χ4v) is 3.95. The van der Waals surface area contributed by atoms with E-state index in [-0.39, 0.29) is 12.0 Å². The Kier molecular flexibility index (Phi) is 4.21. The minimum atomic E-state index is -0.906. The normalized spacial score (nSPS) is 26.9. The summed E-state index contributed by atoms with van der Waals surface area (Å²) in [6.07, 6.45) is 5.80. The molecule has 2 aromatic rings. The second-order valence-electron chi connectivity index (χ2n) is 6.97. The monoisotopic (exact) mass is 344 g/mol. The van der Waals surface area contributed by atoms with Gasteiger partial charge in [0.05, 0.1) is 11.5 Å². The number of aryl methyl sites for hydroxylation is 2. The fraction of sp³-hybridized carbons (Fsp3) is 0.611. The molecule has 0 aliphatic carbocycles. The lowest BCUT2D eigenvalue weighted by molar-refractivity contribution is -0.162. The van der Waals surface area contributed by atoms with E-state index in [1.807, 2.05) is 13.8 Å². The van der Waals surface area contributed by atoms with Crippen molar-refractivity contribution in [1.29, 1.82) is 0 Å². The molecule has 7 heteroatoms. The number of hydrogen-bond acceptors (Lipinski definition) is 5. The number of rotatable bonds is 3. The topological polar surface area (TPSA) is 89.1 Å². The quantitative estimate of drug-likeness (QED) is 0.893. The number of anilines is 1. The molecular formula is C18H24N4O3. The van der Waals surface area contributed by atoms with Crippen LogP contribution in [-0.4, -0.2) is 45.8 Å². The number of amides is 1. The molecule has 0 radical (unpaired) electrons. The van der Waals surface area contributed by atoms with Gasteiger partial charge in [-0.3, -0.25) is 4.79 Å². The number of nitrogens with one attached hydrogen (secondary N) is 2. The van der Waals surface area contributed by atoms with Crippen LogP contribution in [0.2, 0.25) is 0 Å². The summed E-state index contributed by atoms with van der Waals surface area (Å²) in [6.45, 7) is 5.27. The number of fused-ring (bicyclic) bond motifs is 1. The average Bonchev–Trinajstić information content (AvgIpc) is 3.23. The Bertz CT molecular complexity index is 789. The molecule has 4 rings (SSSR count). The first kappa shape index (κ1) is 16.5. The first-order valence-corrected chi connectivity index (χ1v) is 8.99. The molecule has 1 amide bonds. The summed E-state index contributed by atoms with van der Waals surface area (Å²) in [5.41, 5.74) is 1.89. The summed E-state index contributed by atoms with van der Waals surface area (Å²) in [7, 11) is 0. The Morgan fingerprint density at radius 1 is 1.28 bits per heavy atom. The molecule has 4 heterocycles. The molecule has 0 bridgehead atoms. The van der Waals surface area contributed by atoms with E-state index in [2.05, 4.69) is 20.3 Å². The Balaban J connectivity index is 1.66. The van der Waals surface area contributed by atoms with Crippen LogP contribution in [0.4, 0.5) is 5.82 Å². The van der Waals surface area contributed by atoms with Crippen molar-refractivity contribution in [3.8, 4) is 0 Å². The van der Waals surface area contributed by atoms with Crippen molar-refractivity contribution < 1.29 is 14.3 Å². The molecule has 2 N–H and O–H groups in total. The number of carbonyl (C=O) groups excluding carboxylic acids is 1. The number of nitrogens with zero attached hydrogens (tertiary/aromatic N) is 2. The van der Waals surface area contributed by atoms with Gasteiger partial charge in [-0.1, -0.05) is 0 Å². The third kappa shape index (κ3) is 2.71. The number of hydrogen-bond donors (Lipinski definition) is 2. The van der Waals surface area contributed by atoms with Gasteiger partial charge in [-0.15, -0.1) is 0 Å². The van der Waals surface area contributed by atoms with Crippen molar-refractivity contribution in [2.45, 2.75) is 57.7 Å². The van der Waals surface area contributed by atoms with Gasteiger partial charge in [0.25, 0.3) is 5.91 Å². The molecular weight excluding hydrogens is 320 g/mol. The van der Waals surface area contributed by atoms with Gasteiger partial charge in [0, 0.05) is 18.9 Å². The maximum atomic E-state index is 13.2. The first-order valence-electron chi connectivity index (χ1n) is 8.99. The van der Waals surface area contributed by atoms with Crippen LogP contribution >= 0.6 is 0 Å². The van der Waals surface area contributed by atoms with E-state index < -0.39 is 5.60 Å². The van der Waals surface area contributed by atoms with Crippen LogP contribution in [0.15, 0.2) is 6.33 Å². The van der Waals surface area contributed by atoms with Crippen molar-refractivity contribution in [1.82, 2.24) is 15.0 Å². The predicted octanol–water partition coefficient (Wildman–Crippen LogP) is 2.63. The van der Waals surface area contributed by atoms with Gasteiger partial charge in [0.15, 0.2) is 5.60 Å². The summed E-state index contributed by atoms with van der Waals surface area (Å²) in [5.74, 6) is 0.373. The number of ether oxygens (including phenoxy) is 2. The van der Waals surface area contributed by atoms with Crippen LogP contribution in [0.3, 0.4) is 0 Å². The third-order valence-electron chi connectivity index (χ3n) is 5.46. The lowest BCUT2D eigenvalue weighted by Crippen LogP contribution is -2.54. The van der Waals surface area contributed by atoms with E-state index in [1.165, 1.54) is 6.33 Å². The van der Waals surface area contributed by atoms with Crippen molar-refractivity contribution in [2.24, 2.45) is 0 Å². The smallest absolute Gasteiger partial charge is 0.260 e. The second kappa shape index (κ2) is 6.38. The van der Waals surface area contributed by atoms with Crippen LogP contribution in [-0.2, 0) is 14.3 Å². The summed E-state index contributed by atoms with van der Waals surface area (Å²) in [5, 5.41) is 3.86.